The van der Waals surface area contributed by atoms with Gasteiger partial charge in [0.2, 0.25) is 0 Å². The number of rotatable bonds is 7. The van der Waals surface area contributed by atoms with Crippen LogP contribution in [-0.4, -0.2) is 22.2 Å². The van der Waals surface area contributed by atoms with Gasteiger partial charge in [-0.1, -0.05) is 13.0 Å². The number of aryl methyl sites for hydroxylation is 2. The third-order valence-corrected chi connectivity index (χ3v) is 5.98. The predicted octanol–water partition coefficient (Wildman–Crippen LogP) is 4.25. The lowest BCUT2D eigenvalue weighted by atomic mass is 10.1. The maximum Gasteiger partial charge on any atom is 0.416 e. The molecule has 3 aromatic rings. The van der Waals surface area contributed by atoms with Crippen molar-refractivity contribution in [2.24, 2.45) is 7.05 Å². The Morgan fingerprint density at radius 1 is 1.14 bits per heavy atom. The Bertz CT molecular complexity index is 1310. The molecule has 4 rings (SSSR count). The molecule has 0 aliphatic carbocycles. The van der Waals surface area contributed by atoms with Gasteiger partial charge in [0.25, 0.3) is 5.91 Å². The standard InChI is InChI=1S/C25H28F3N7O/c1-5-29-12-17-8-19(25(26,27)28)11-20(9-17)31-24(36)18-7-6-15(2)23(10-18)35-14-22(32-33-35)21-13-30-34(4)16(21)3/h6-11,13-14,29,32-33H,5,12H2,1-4H3,(H,31,36). The van der Waals surface area contributed by atoms with E-state index in [1.165, 1.54) is 0 Å². The van der Waals surface area contributed by atoms with E-state index in [1.54, 1.807) is 40.2 Å². The van der Waals surface area contributed by atoms with Gasteiger partial charge in [-0.15, -0.1) is 5.53 Å². The van der Waals surface area contributed by atoms with E-state index in [1.807, 2.05) is 34.0 Å². The van der Waals surface area contributed by atoms with Crippen LogP contribution in [0.4, 0.5) is 24.5 Å². The Hall–Kier alpha value is -3.83. The second-order valence-electron chi connectivity index (χ2n) is 8.57. The Morgan fingerprint density at radius 3 is 2.58 bits per heavy atom. The molecule has 1 aromatic heterocycles. The van der Waals surface area contributed by atoms with Gasteiger partial charge >= 0.3 is 6.18 Å². The van der Waals surface area contributed by atoms with Gasteiger partial charge in [-0.05, 0) is 61.9 Å². The number of hydrazine groups is 2. The summed E-state index contributed by atoms with van der Waals surface area (Å²) in [5.74, 6) is -0.510. The van der Waals surface area contributed by atoms with Gasteiger partial charge < -0.3 is 16.1 Å². The van der Waals surface area contributed by atoms with Crippen molar-refractivity contribution in [2.45, 2.75) is 33.5 Å². The maximum atomic E-state index is 13.4. The quantitative estimate of drug-likeness (QED) is 0.389. The van der Waals surface area contributed by atoms with E-state index in [9.17, 15) is 18.0 Å². The summed E-state index contributed by atoms with van der Waals surface area (Å²) in [7, 11) is 1.86. The fraction of sp³-hybridized carbons (Fsp3) is 0.280. The van der Waals surface area contributed by atoms with E-state index >= 15 is 0 Å². The highest BCUT2D eigenvalue weighted by atomic mass is 19.4. The average Bonchev–Trinajstić information content (AvgIpc) is 3.44. The first-order valence-corrected chi connectivity index (χ1v) is 11.4. The second kappa shape index (κ2) is 10.0. The Kier molecular flexibility index (Phi) is 7.04. The molecule has 1 amide bonds. The molecule has 0 saturated heterocycles. The number of nitrogens with one attached hydrogen (secondary N) is 4. The molecule has 0 atom stereocenters. The number of anilines is 2. The smallest absolute Gasteiger partial charge is 0.322 e. The van der Waals surface area contributed by atoms with Crippen molar-refractivity contribution >= 4 is 23.0 Å². The van der Waals surface area contributed by atoms with Crippen molar-refractivity contribution in [3.8, 4) is 0 Å². The summed E-state index contributed by atoms with van der Waals surface area (Å²) in [4.78, 5) is 13.0. The van der Waals surface area contributed by atoms with Crippen LogP contribution >= 0.6 is 0 Å². The van der Waals surface area contributed by atoms with Gasteiger partial charge in [0.1, 0.15) is 0 Å². The van der Waals surface area contributed by atoms with Crippen LogP contribution in [-0.2, 0) is 19.8 Å². The first-order valence-electron chi connectivity index (χ1n) is 11.4. The topological polar surface area (TPSA) is 86.2 Å². The van der Waals surface area contributed by atoms with Crippen molar-refractivity contribution in [3.63, 3.8) is 0 Å². The number of hydrogen-bond acceptors (Lipinski definition) is 6. The number of amides is 1. The van der Waals surface area contributed by atoms with Crippen molar-refractivity contribution in [1.29, 1.82) is 0 Å². The molecule has 0 unspecified atom stereocenters. The van der Waals surface area contributed by atoms with E-state index in [4.69, 9.17) is 0 Å². The lowest BCUT2D eigenvalue weighted by Crippen LogP contribution is -2.36. The number of carbonyl (C=O) groups excluding carboxylic acids is 1. The van der Waals surface area contributed by atoms with Crippen LogP contribution in [0, 0.1) is 13.8 Å². The highest BCUT2D eigenvalue weighted by Crippen LogP contribution is 2.32. The lowest BCUT2D eigenvalue weighted by molar-refractivity contribution is -0.137. The summed E-state index contributed by atoms with van der Waals surface area (Å²) in [6, 6.07) is 8.68. The molecular weight excluding hydrogens is 471 g/mol. The molecule has 190 valence electrons. The minimum atomic E-state index is -4.52. The molecule has 0 spiro atoms. The van der Waals surface area contributed by atoms with Crippen molar-refractivity contribution in [2.75, 3.05) is 16.9 Å². The van der Waals surface area contributed by atoms with E-state index < -0.39 is 17.6 Å². The van der Waals surface area contributed by atoms with Gasteiger partial charge in [-0.25, -0.2) is 0 Å². The molecule has 4 N–H and O–H groups in total. The highest BCUT2D eigenvalue weighted by molar-refractivity contribution is 6.05. The predicted molar refractivity (Wildman–Crippen MR) is 133 cm³/mol. The van der Waals surface area contributed by atoms with Gasteiger partial charge in [0.15, 0.2) is 0 Å². The summed E-state index contributed by atoms with van der Waals surface area (Å²) in [6.45, 7) is 6.60. The van der Waals surface area contributed by atoms with Gasteiger partial charge in [0, 0.05) is 42.3 Å². The molecule has 1 aliphatic rings. The van der Waals surface area contributed by atoms with E-state index in [0.29, 0.717) is 23.4 Å². The fourth-order valence-electron chi connectivity index (χ4n) is 3.86. The van der Waals surface area contributed by atoms with Gasteiger partial charge in [0.05, 0.1) is 23.1 Å². The molecule has 0 bridgehead atoms. The molecule has 8 nitrogen and oxygen atoms in total. The Labute approximate surface area is 207 Å². The summed E-state index contributed by atoms with van der Waals surface area (Å²) in [5.41, 5.74) is 10.5. The second-order valence-corrected chi connectivity index (χ2v) is 8.57. The average molecular weight is 500 g/mol. The van der Waals surface area contributed by atoms with E-state index in [2.05, 4.69) is 26.7 Å². The molecule has 36 heavy (non-hydrogen) atoms. The minimum absolute atomic E-state index is 0.0834. The van der Waals surface area contributed by atoms with Crippen LogP contribution in [0.25, 0.3) is 5.70 Å². The van der Waals surface area contributed by atoms with Crippen LogP contribution in [0.1, 0.15) is 45.2 Å². The number of carbonyl (C=O) groups is 1. The summed E-state index contributed by atoms with van der Waals surface area (Å²) >= 11 is 0. The number of hydrogen-bond donors (Lipinski definition) is 4. The van der Waals surface area contributed by atoms with Crippen molar-refractivity contribution in [3.05, 3.63) is 82.3 Å². The largest absolute Gasteiger partial charge is 0.416 e. The van der Waals surface area contributed by atoms with E-state index in [0.717, 1.165) is 34.7 Å². The molecule has 2 aromatic carbocycles. The normalized spacial score (nSPS) is 13.5. The number of halogens is 3. The molecule has 2 heterocycles. The first-order chi connectivity index (χ1) is 17.1. The molecular formula is C25H28F3N7O. The van der Waals surface area contributed by atoms with Crippen LogP contribution in [0.2, 0.25) is 0 Å². The van der Waals surface area contributed by atoms with Crippen LogP contribution in [0.3, 0.4) is 0 Å². The first kappa shape index (κ1) is 25.3. The van der Waals surface area contributed by atoms with Crippen molar-refractivity contribution < 1.29 is 18.0 Å². The lowest BCUT2D eigenvalue weighted by Gasteiger charge is -2.19. The van der Waals surface area contributed by atoms with Gasteiger partial charge in [-0.2, -0.15) is 18.3 Å². The fourth-order valence-corrected chi connectivity index (χ4v) is 3.86. The number of alkyl halides is 3. The molecule has 11 heteroatoms. The van der Waals surface area contributed by atoms with E-state index in [-0.39, 0.29) is 12.2 Å². The van der Waals surface area contributed by atoms with Crippen LogP contribution in [0.15, 0.2) is 48.8 Å². The number of benzene rings is 2. The molecule has 0 radical (unpaired) electrons. The summed E-state index contributed by atoms with van der Waals surface area (Å²) in [6.07, 6.45) is -0.910. The van der Waals surface area contributed by atoms with Gasteiger partial charge in [-0.3, -0.25) is 14.5 Å². The molecule has 1 aliphatic heterocycles. The zero-order valence-electron chi connectivity index (χ0n) is 20.4. The minimum Gasteiger partial charge on any atom is -0.322 e. The third kappa shape index (κ3) is 5.37. The number of aromatic nitrogens is 2. The summed E-state index contributed by atoms with van der Waals surface area (Å²) in [5, 5.41) is 11.6. The monoisotopic (exact) mass is 499 g/mol. The summed E-state index contributed by atoms with van der Waals surface area (Å²) < 4.78 is 42.0. The third-order valence-electron chi connectivity index (χ3n) is 5.98. The van der Waals surface area contributed by atoms with Crippen molar-refractivity contribution in [1.82, 2.24) is 26.1 Å². The highest BCUT2D eigenvalue weighted by Gasteiger charge is 2.31. The van der Waals surface area contributed by atoms with Crippen LogP contribution < -0.4 is 26.6 Å². The number of nitrogens with zero attached hydrogens (tertiary/aromatic N) is 3. The zero-order valence-corrected chi connectivity index (χ0v) is 20.4. The molecule has 0 fully saturated rings. The molecule has 0 saturated carbocycles. The maximum absolute atomic E-state index is 13.4. The zero-order chi connectivity index (χ0) is 26.0. The Morgan fingerprint density at radius 2 is 1.92 bits per heavy atom. The SMILES string of the molecule is CCNCc1cc(NC(=O)c2ccc(C)c(N3C=C(c4cnn(C)c4C)NN3)c2)cc(C(F)(F)F)c1. The Balaban J connectivity index is 1.58. The van der Waals surface area contributed by atoms with Crippen LogP contribution in [0.5, 0.6) is 0 Å².